The van der Waals surface area contributed by atoms with Crippen LogP contribution in [0, 0.1) is 11.3 Å². The summed E-state index contributed by atoms with van der Waals surface area (Å²) in [6.07, 6.45) is 0.889. The van der Waals surface area contributed by atoms with Crippen LogP contribution < -0.4 is 5.73 Å². The Bertz CT molecular complexity index is 228. The van der Waals surface area contributed by atoms with Crippen LogP contribution in [0.4, 0.5) is 0 Å². The van der Waals surface area contributed by atoms with Gasteiger partial charge in [-0.15, -0.1) is 0 Å². The van der Waals surface area contributed by atoms with Crippen LogP contribution in [0.5, 0.6) is 0 Å². The molecule has 0 spiro atoms. The molecule has 0 bridgehead atoms. The highest BCUT2D eigenvalue weighted by Gasteiger charge is 2.29. The van der Waals surface area contributed by atoms with Crippen molar-refractivity contribution in [2.24, 2.45) is 17.1 Å². The number of hydrogen-bond acceptors (Lipinski definition) is 3. The Hall–Kier alpha value is -0.830. The van der Waals surface area contributed by atoms with Crippen molar-refractivity contribution in [1.29, 1.82) is 0 Å². The van der Waals surface area contributed by atoms with E-state index in [0.717, 1.165) is 6.42 Å². The Morgan fingerprint density at radius 2 is 2.00 bits per heavy atom. The Balaban J connectivity index is 4.46. The van der Waals surface area contributed by atoms with E-state index in [1.165, 1.54) is 0 Å². The normalized spacial score (nSPS) is 13.4. The summed E-state index contributed by atoms with van der Waals surface area (Å²) in [7, 11) is 0. The molecule has 0 aromatic carbocycles. The zero-order chi connectivity index (χ0) is 12.1. The summed E-state index contributed by atoms with van der Waals surface area (Å²) >= 11 is 0. The smallest absolute Gasteiger partial charge is 0.333 e. The summed E-state index contributed by atoms with van der Waals surface area (Å²) in [6, 6.07) is 0. The Morgan fingerprint density at radius 3 is 2.33 bits per heavy atom. The molecule has 0 aliphatic carbocycles. The Kier molecular flexibility index (Phi) is 5.58. The highest BCUT2D eigenvalue weighted by Crippen LogP contribution is 2.34. The van der Waals surface area contributed by atoms with Crippen molar-refractivity contribution in [3.63, 3.8) is 0 Å². The second kappa shape index (κ2) is 5.91. The van der Waals surface area contributed by atoms with E-state index in [1.54, 1.807) is 0 Å². The fraction of sp³-hybridized carbons (Fsp3) is 0.750. The Labute approximate surface area is 92.7 Å². The summed E-state index contributed by atoms with van der Waals surface area (Å²) in [4.78, 5) is 11.6. The van der Waals surface area contributed by atoms with Crippen molar-refractivity contribution in [3.8, 4) is 0 Å². The average Bonchev–Trinajstić information content (AvgIpc) is 2.12. The van der Waals surface area contributed by atoms with E-state index in [4.69, 9.17) is 10.5 Å². The second-order valence-electron chi connectivity index (χ2n) is 4.78. The summed E-state index contributed by atoms with van der Waals surface area (Å²) in [5.41, 5.74) is 5.85. The van der Waals surface area contributed by atoms with E-state index < -0.39 is 0 Å². The maximum atomic E-state index is 11.6. The number of esters is 1. The molecule has 15 heavy (non-hydrogen) atoms. The van der Waals surface area contributed by atoms with Crippen molar-refractivity contribution < 1.29 is 9.53 Å². The van der Waals surface area contributed by atoms with Gasteiger partial charge >= 0.3 is 5.97 Å². The number of rotatable bonds is 5. The highest BCUT2D eigenvalue weighted by molar-refractivity contribution is 5.88. The minimum absolute atomic E-state index is 0.0353. The molecule has 3 nitrogen and oxygen atoms in total. The van der Waals surface area contributed by atoms with Crippen LogP contribution in [0.3, 0.4) is 0 Å². The zero-order valence-electron chi connectivity index (χ0n) is 10.3. The lowest BCUT2D eigenvalue weighted by molar-refractivity contribution is -0.139. The van der Waals surface area contributed by atoms with Gasteiger partial charge in [0.1, 0.15) is 6.61 Å². The van der Waals surface area contributed by atoms with E-state index in [-0.39, 0.29) is 23.9 Å². The minimum Gasteiger partial charge on any atom is -0.461 e. The summed E-state index contributed by atoms with van der Waals surface area (Å²) in [5.74, 6) is -0.162. The van der Waals surface area contributed by atoms with Crippen LogP contribution in [0.15, 0.2) is 12.2 Å². The molecule has 0 amide bonds. The van der Waals surface area contributed by atoms with Gasteiger partial charge < -0.3 is 10.5 Å². The molecule has 0 aliphatic rings. The van der Waals surface area contributed by atoms with Gasteiger partial charge in [-0.05, 0) is 17.8 Å². The van der Waals surface area contributed by atoms with Gasteiger partial charge in [0.2, 0.25) is 0 Å². The summed E-state index contributed by atoms with van der Waals surface area (Å²) in [5, 5.41) is 0. The largest absolute Gasteiger partial charge is 0.461 e. The maximum absolute atomic E-state index is 11.6. The third-order valence-electron chi connectivity index (χ3n) is 2.49. The van der Waals surface area contributed by atoms with E-state index in [1.807, 2.05) is 0 Å². The first-order valence-corrected chi connectivity index (χ1v) is 5.40. The van der Waals surface area contributed by atoms with Crippen molar-refractivity contribution >= 4 is 5.97 Å². The molecule has 2 N–H and O–H groups in total. The van der Waals surface area contributed by atoms with Gasteiger partial charge in [0.05, 0.1) is 0 Å². The average molecular weight is 213 g/mol. The quantitative estimate of drug-likeness (QED) is 0.562. The molecule has 0 aromatic heterocycles. The lowest BCUT2D eigenvalue weighted by Crippen LogP contribution is -2.27. The molecule has 0 saturated heterocycles. The molecule has 88 valence electrons. The number of nitrogens with two attached hydrogens (primary N) is 1. The molecular formula is C12H23NO2. The first kappa shape index (κ1) is 14.2. The van der Waals surface area contributed by atoms with Gasteiger partial charge in [0, 0.05) is 12.1 Å². The van der Waals surface area contributed by atoms with Crippen LogP contribution in [-0.2, 0) is 9.53 Å². The maximum Gasteiger partial charge on any atom is 0.333 e. The van der Waals surface area contributed by atoms with Crippen molar-refractivity contribution in [3.05, 3.63) is 12.2 Å². The lowest BCUT2D eigenvalue weighted by atomic mass is 9.75. The number of hydrogen-bond donors (Lipinski definition) is 1. The summed E-state index contributed by atoms with van der Waals surface area (Å²) in [6.45, 7) is 12.8. The molecule has 0 rings (SSSR count). The van der Waals surface area contributed by atoms with Crippen molar-refractivity contribution in [2.75, 3.05) is 13.2 Å². The molecule has 0 aromatic rings. The van der Waals surface area contributed by atoms with Crippen molar-refractivity contribution in [2.45, 2.75) is 34.1 Å². The van der Waals surface area contributed by atoms with Gasteiger partial charge in [-0.25, -0.2) is 4.79 Å². The van der Waals surface area contributed by atoms with Gasteiger partial charge in [-0.3, -0.25) is 0 Å². The summed E-state index contributed by atoms with van der Waals surface area (Å²) < 4.78 is 4.97. The predicted octanol–water partition coefficient (Wildman–Crippen LogP) is 2.12. The van der Waals surface area contributed by atoms with E-state index in [9.17, 15) is 4.79 Å². The molecule has 0 radical (unpaired) electrons. The van der Waals surface area contributed by atoms with Gasteiger partial charge in [0.15, 0.2) is 0 Å². The van der Waals surface area contributed by atoms with Crippen molar-refractivity contribution in [1.82, 2.24) is 0 Å². The van der Waals surface area contributed by atoms with Crippen LogP contribution in [0.1, 0.15) is 34.1 Å². The molecule has 0 saturated carbocycles. The minimum atomic E-state index is -0.317. The van der Waals surface area contributed by atoms with Crippen LogP contribution >= 0.6 is 0 Å². The predicted molar refractivity (Wildman–Crippen MR) is 62.4 cm³/mol. The van der Waals surface area contributed by atoms with Crippen LogP contribution in [0.2, 0.25) is 0 Å². The number of carbonyl (C=O) groups is 1. The van der Waals surface area contributed by atoms with Gasteiger partial charge in [-0.1, -0.05) is 34.3 Å². The molecule has 0 heterocycles. The molecule has 0 fully saturated rings. The first-order chi connectivity index (χ1) is 6.84. The zero-order valence-corrected chi connectivity index (χ0v) is 10.3. The molecule has 1 unspecified atom stereocenters. The molecule has 0 aliphatic heterocycles. The SMILES string of the molecule is C=C(C(=O)OCCN)C(CC)C(C)(C)C. The third kappa shape index (κ3) is 4.47. The number of ether oxygens (including phenoxy) is 1. The van der Waals surface area contributed by atoms with E-state index in [0.29, 0.717) is 12.1 Å². The molecule has 1 atom stereocenters. The first-order valence-electron chi connectivity index (χ1n) is 5.40. The topological polar surface area (TPSA) is 52.3 Å². The van der Waals surface area contributed by atoms with Crippen LogP contribution in [-0.4, -0.2) is 19.1 Å². The molecule has 3 heteroatoms. The Morgan fingerprint density at radius 1 is 1.47 bits per heavy atom. The van der Waals surface area contributed by atoms with Gasteiger partial charge in [0.25, 0.3) is 0 Å². The standard InChI is InChI=1S/C12H23NO2/c1-6-10(12(3,4)5)9(2)11(14)15-8-7-13/h10H,2,6-8,13H2,1,3-5H3. The second-order valence-corrected chi connectivity index (χ2v) is 4.78. The fourth-order valence-corrected chi connectivity index (χ4v) is 1.77. The molecular weight excluding hydrogens is 190 g/mol. The number of carbonyl (C=O) groups excluding carboxylic acids is 1. The van der Waals surface area contributed by atoms with Gasteiger partial charge in [-0.2, -0.15) is 0 Å². The van der Waals surface area contributed by atoms with E-state index in [2.05, 4.69) is 34.3 Å². The van der Waals surface area contributed by atoms with E-state index >= 15 is 0 Å². The lowest BCUT2D eigenvalue weighted by Gasteiger charge is -2.30. The monoisotopic (exact) mass is 213 g/mol. The fourth-order valence-electron chi connectivity index (χ4n) is 1.77. The highest BCUT2D eigenvalue weighted by atomic mass is 16.5. The van der Waals surface area contributed by atoms with Crippen LogP contribution in [0.25, 0.3) is 0 Å². The third-order valence-corrected chi connectivity index (χ3v) is 2.49.